The summed E-state index contributed by atoms with van der Waals surface area (Å²) in [4.78, 5) is 29.2. The van der Waals surface area contributed by atoms with Crippen molar-refractivity contribution >= 4 is 28.7 Å². The van der Waals surface area contributed by atoms with Crippen LogP contribution in [0, 0.1) is 0 Å². The van der Waals surface area contributed by atoms with E-state index in [1.165, 1.54) is 7.11 Å². The third-order valence-electron chi connectivity index (χ3n) is 4.36. The van der Waals surface area contributed by atoms with E-state index in [4.69, 9.17) is 13.9 Å². The molecule has 0 unspecified atom stereocenters. The summed E-state index contributed by atoms with van der Waals surface area (Å²) in [6.45, 7) is -0.433. The molecule has 7 heteroatoms. The largest absolute Gasteiger partial charge is 0.497 e. The molecule has 30 heavy (non-hydrogen) atoms. The third kappa shape index (κ3) is 4.15. The molecule has 0 aliphatic heterocycles. The highest BCUT2D eigenvalue weighted by Crippen LogP contribution is 2.27. The lowest BCUT2D eigenvalue weighted by Crippen LogP contribution is -2.21. The van der Waals surface area contributed by atoms with E-state index in [2.05, 4.69) is 10.3 Å². The van der Waals surface area contributed by atoms with Crippen LogP contribution in [0.4, 0.5) is 5.69 Å². The van der Waals surface area contributed by atoms with E-state index in [0.717, 1.165) is 0 Å². The molecule has 4 aromatic rings. The maximum atomic E-state index is 12.6. The second kappa shape index (κ2) is 8.48. The topological polar surface area (TPSA) is 90.7 Å². The van der Waals surface area contributed by atoms with Crippen LogP contribution in [0.1, 0.15) is 10.4 Å². The number of esters is 1. The molecule has 0 saturated heterocycles. The smallest absolute Gasteiger partial charge is 0.339 e. The van der Waals surface area contributed by atoms with Crippen LogP contribution < -0.4 is 10.1 Å². The molecular formula is C23H18N2O5. The lowest BCUT2D eigenvalue weighted by molar-refractivity contribution is -0.119. The molecule has 1 heterocycles. The molecule has 1 aromatic heterocycles. The quantitative estimate of drug-likeness (QED) is 0.484. The summed E-state index contributed by atoms with van der Waals surface area (Å²) in [5, 5.41) is 2.66. The number of fused-ring (bicyclic) bond motifs is 1. The van der Waals surface area contributed by atoms with Crippen molar-refractivity contribution in [2.24, 2.45) is 0 Å². The van der Waals surface area contributed by atoms with Crippen LogP contribution in [0.15, 0.2) is 77.2 Å². The zero-order valence-electron chi connectivity index (χ0n) is 16.1. The minimum Gasteiger partial charge on any atom is -0.497 e. The molecule has 0 bridgehead atoms. The van der Waals surface area contributed by atoms with Gasteiger partial charge >= 0.3 is 5.97 Å². The van der Waals surface area contributed by atoms with Gasteiger partial charge in [-0.1, -0.05) is 30.3 Å². The van der Waals surface area contributed by atoms with Gasteiger partial charge in [-0.15, -0.1) is 0 Å². The van der Waals surface area contributed by atoms with E-state index in [-0.39, 0.29) is 5.56 Å². The molecule has 0 atom stereocenters. The Morgan fingerprint density at radius 3 is 2.63 bits per heavy atom. The van der Waals surface area contributed by atoms with Crippen LogP contribution in [0.3, 0.4) is 0 Å². The van der Waals surface area contributed by atoms with Gasteiger partial charge in [-0.25, -0.2) is 9.78 Å². The summed E-state index contributed by atoms with van der Waals surface area (Å²) in [5.41, 5.74) is 2.61. The molecule has 3 aromatic carbocycles. The zero-order chi connectivity index (χ0) is 20.9. The minimum absolute atomic E-state index is 0.262. The SMILES string of the molecule is COc1cccc(NC(=O)COC(=O)c2ccccc2-c2nc3ccccc3o2)c1. The number of nitrogens with one attached hydrogen (secondary N) is 1. The Labute approximate surface area is 172 Å². The monoisotopic (exact) mass is 402 g/mol. The maximum Gasteiger partial charge on any atom is 0.339 e. The number of oxazole rings is 1. The molecule has 7 nitrogen and oxygen atoms in total. The molecule has 0 radical (unpaired) electrons. The number of ether oxygens (including phenoxy) is 2. The van der Waals surface area contributed by atoms with Gasteiger partial charge < -0.3 is 19.2 Å². The van der Waals surface area contributed by atoms with Gasteiger partial charge in [0.25, 0.3) is 5.91 Å². The Morgan fingerprint density at radius 2 is 1.80 bits per heavy atom. The molecule has 1 N–H and O–H groups in total. The zero-order valence-corrected chi connectivity index (χ0v) is 16.1. The molecule has 0 aliphatic carbocycles. The highest BCUT2D eigenvalue weighted by Gasteiger charge is 2.19. The highest BCUT2D eigenvalue weighted by molar-refractivity contribution is 5.99. The first-order chi connectivity index (χ1) is 14.6. The molecule has 150 valence electrons. The van der Waals surface area contributed by atoms with E-state index < -0.39 is 18.5 Å². The van der Waals surface area contributed by atoms with E-state index >= 15 is 0 Å². The standard InChI is InChI=1S/C23H18N2O5/c1-28-16-8-6-7-15(13-16)24-21(26)14-29-23(27)18-10-3-2-9-17(18)22-25-19-11-4-5-12-20(19)30-22/h2-13H,14H2,1H3,(H,24,26). The first kappa shape index (κ1) is 19.2. The van der Waals surface area contributed by atoms with Crippen molar-refractivity contribution in [2.45, 2.75) is 0 Å². The number of hydrogen-bond acceptors (Lipinski definition) is 6. The molecule has 0 spiro atoms. The Bertz CT molecular complexity index is 1180. The average Bonchev–Trinajstić information content (AvgIpc) is 3.22. The van der Waals surface area contributed by atoms with Crippen LogP contribution >= 0.6 is 0 Å². The molecule has 4 rings (SSSR count). The number of amides is 1. The number of carbonyl (C=O) groups excluding carboxylic acids is 2. The number of methoxy groups -OCH3 is 1. The summed E-state index contributed by atoms with van der Waals surface area (Å²) < 4.78 is 16.1. The van der Waals surface area contributed by atoms with Crippen LogP contribution in [0.25, 0.3) is 22.6 Å². The van der Waals surface area contributed by atoms with Gasteiger partial charge in [-0.2, -0.15) is 0 Å². The second-order valence-electron chi connectivity index (χ2n) is 6.39. The molecule has 0 fully saturated rings. The first-order valence-corrected chi connectivity index (χ1v) is 9.20. The normalized spacial score (nSPS) is 10.6. The summed E-state index contributed by atoms with van der Waals surface area (Å²) in [6.07, 6.45) is 0. The third-order valence-corrected chi connectivity index (χ3v) is 4.36. The molecular weight excluding hydrogens is 384 g/mol. The van der Waals surface area contributed by atoms with Crippen molar-refractivity contribution in [1.29, 1.82) is 0 Å². The van der Waals surface area contributed by atoms with Crippen LogP contribution in [0.5, 0.6) is 5.75 Å². The Morgan fingerprint density at radius 1 is 1.00 bits per heavy atom. The number of carbonyl (C=O) groups is 2. The number of rotatable bonds is 6. The number of benzene rings is 3. The fourth-order valence-corrected chi connectivity index (χ4v) is 2.94. The number of nitrogens with zero attached hydrogens (tertiary/aromatic N) is 1. The Hall–Kier alpha value is -4.13. The van der Waals surface area contributed by atoms with Crippen molar-refractivity contribution in [3.05, 3.63) is 78.4 Å². The number of aromatic nitrogens is 1. The lowest BCUT2D eigenvalue weighted by Gasteiger charge is -2.09. The van der Waals surface area contributed by atoms with Crippen molar-refractivity contribution in [3.63, 3.8) is 0 Å². The van der Waals surface area contributed by atoms with E-state index in [9.17, 15) is 9.59 Å². The lowest BCUT2D eigenvalue weighted by atomic mass is 10.1. The van der Waals surface area contributed by atoms with Gasteiger partial charge in [-0.3, -0.25) is 4.79 Å². The van der Waals surface area contributed by atoms with Crippen LogP contribution in [-0.2, 0) is 9.53 Å². The minimum atomic E-state index is -0.645. The Balaban J connectivity index is 1.47. The predicted molar refractivity (Wildman–Crippen MR) is 111 cm³/mol. The first-order valence-electron chi connectivity index (χ1n) is 9.20. The van der Waals surface area contributed by atoms with Crippen molar-refractivity contribution in [2.75, 3.05) is 19.0 Å². The summed E-state index contributed by atoms with van der Waals surface area (Å²) >= 11 is 0. The van der Waals surface area contributed by atoms with Crippen LogP contribution in [-0.4, -0.2) is 30.6 Å². The van der Waals surface area contributed by atoms with Gasteiger partial charge in [0.1, 0.15) is 11.3 Å². The van der Waals surface area contributed by atoms with Gasteiger partial charge in [-0.05, 0) is 36.4 Å². The molecule has 1 amide bonds. The van der Waals surface area contributed by atoms with Crippen molar-refractivity contribution in [3.8, 4) is 17.2 Å². The summed E-state index contributed by atoms with van der Waals surface area (Å²) in [6, 6.07) is 21.0. The molecule has 0 aliphatic rings. The highest BCUT2D eigenvalue weighted by atomic mass is 16.5. The fraction of sp³-hybridized carbons (Fsp3) is 0.0870. The van der Waals surface area contributed by atoms with Crippen molar-refractivity contribution < 1.29 is 23.5 Å². The van der Waals surface area contributed by atoms with Crippen molar-refractivity contribution in [1.82, 2.24) is 4.98 Å². The van der Waals surface area contributed by atoms with Gasteiger partial charge in [0, 0.05) is 11.8 Å². The van der Waals surface area contributed by atoms with E-state index in [1.807, 2.05) is 18.2 Å². The van der Waals surface area contributed by atoms with E-state index in [0.29, 0.717) is 34.0 Å². The fourth-order valence-electron chi connectivity index (χ4n) is 2.94. The predicted octanol–water partition coefficient (Wildman–Crippen LogP) is 4.30. The van der Waals surface area contributed by atoms with E-state index in [1.54, 1.807) is 54.6 Å². The number of hydrogen-bond donors (Lipinski definition) is 1. The van der Waals surface area contributed by atoms with Gasteiger partial charge in [0.2, 0.25) is 5.89 Å². The average molecular weight is 402 g/mol. The molecule has 0 saturated carbocycles. The maximum absolute atomic E-state index is 12.6. The summed E-state index contributed by atoms with van der Waals surface area (Å²) in [7, 11) is 1.54. The number of para-hydroxylation sites is 2. The number of anilines is 1. The van der Waals surface area contributed by atoms with Crippen LogP contribution in [0.2, 0.25) is 0 Å². The Kier molecular flexibility index (Phi) is 5.43. The van der Waals surface area contributed by atoms with Gasteiger partial charge in [0.15, 0.2) is 12.2 Å². The summed E-state index contributed by atoms with van der Waals surface area (Å²) in [5.74, 6) is -0.189. The second-order valence-corrected chi connectivity index (χ2v) is 6.39. The van der Waals surface area contributed by atoms with Gasteiger partial charge in [0.05, 0.1) is 18.2 Å².